The number of thiophene rings is 1. The van der Waals surface area contributed by atoms with E-state index in [4.69, 9.17) is 0 Å². The summed E-state index contributed by atoms with van der Waals surface area (Å²) >= 11 is 1.70. The van der Waals surface area contributed by atoms with Gasteiger partial charge in [-0.15, -0.1) is 11.3 Å². The molecule has 1 aliphatic carbocycles. The lowest BCUT2D eigenvalue weighted by molar-refractivity contribution is -0.120. The molecule has 20 heavy (non-hydrogen) atoms. The molecule has 1 amide bonds. The predicted molar refractivity (Wildman–Crippen MR) is 81.1 cm³/mol. The van der Waals surface area contributed by atoms with Crippen LogP contribution in [0.3, 0.4) is 0 Å². The average molecular weight is 290 g/mol. The first kappa shape index (κ1) is 13.3. The Morgan fingerprint density at radius 3 is 3.05 bits per heavy atom. The van der Waals surface area contributed by atoms with Crippen LogP contribution in [0.5, 0.6) is 0 Å². The quantitative estimate of drug-likeness (QED) is 0.857. The van der Waals surface area contributed by atoms with Crippen molar-refractivity contribution in [2.24, 2.45) is 0 Å². The van der Waals surface area contributed by atoms with Crippen molar-refractivity contribution in [1.82, 2.24) is 15.3 Å². The number of amides is 1. The fourth-order valence-electron chi connectivity index (χ4n) is 2.04. The summed E-state index contributed by atoms with van der Waals surface area (Å²) in [5, 5.41) is 7.28. The lowest BCUT2D eigenvalue weighted by atomic mass is 10.3. The molecule has 1 saturated carbocycles. The molecule has 0 spiro atoms. The third-order valence-electron chi connectivity index (χ3n) is 3.32. The minimum atomic E-state index is 0.116. The average Bonchev–Trinajstić information content (AvgIpc) is 3.14. The number of anilines is 1. The third kappa shape index (κ3) is 3.07. The van der Waals surface area contributed by atoms with E-state index in [0.29, 0.717) is 19.0 Å². The van der Waals surface area contributed by atoms with Gasteiger partial charge < -0.3 is 10.6 Å². The van der Waals surface area contributed by atoms with E-state index < -0.39 is 0 Å². The van der Waals surface area contributed by atoms with Crippen LogP contribution in [0, 0.1) is 0 Å². The zero-order valence-electron chi connectivity index (χ0n) is 11.5. The molecule has 1 fully saturated rings. The van der Waals surface area contributed by atoms with E-state index in [0.717, 1.165) is 35.3 Å². The highest BCUT2D eigenvalue weighted by molar-refractivity contribution is 7.18. The van der Waals surface area contributed by atoms with E-state index >= 15 is 0 Å². The maximum absolute atomic E-state index is 11.6. The molecular formula is C14H18N4OS. The van der Waals surface area contributed by atoms with Crippen molar-refractivity contribution >= 4 is 33.3 Å². The molecule has 0 saturated heterocycles. The molecule has 0 bridgehead atoms. The Labute approximate surface area is 121 Å². The fourth-order valence-corrected chi connectivity index (χ4v) is 2.98. The summed E-state index contributed by atoms with van der Waals surface area (Å²) in [6.07, 6.45) is 5.31. The number of hydrogen-bond donors (Lipinski definition) is 2. The maximum Gasteiger partial charge on any atom is 0.221 e. The summed E-state index contributed by atoms with van der Waals surface area (Å²) in [6.45, 7) is 2.73. The zero-order chi connectivity index (χ0) is 13.9. The van der Waals surface area contributed by atoms with E-state index in [1.165, 1.54) is 4.88 Å². The van der Waals surface area contributed by atoms with Gasteiger partial charge in [0.1, 0.15) is 17.0 Å². The first-order valence-electron chi connectivity index (χ1n) is 7.03. The Hall–Kier alpha value is -1.69. The molecule has 0 atom stereocenters. The summed E-state index contributed by atoms with van der Waals surface area (Å²) < 4.78 is 0. The number of hydrogen-bond acceptors (Lipinski definition) is 5. The van der Waals surface area contributed by atoms with E-state index in [-0.39, 0.29) is 5.91 Å². The Bertz CT molecular complexity index is 621. The van der Waals surface area contributed by atoms with Crippen molar-refractivity contribution in [2.75, 3.05) is 11.9 Å². The van der Waals surface area contributed by atoms with Crippen LogP contribution < -0.4 is 10.6 Å². The largest absolute Gasteiger partial charge is 0.369 e. The molecule has 5 nitrogen and oxygen atoms in total. The monoisotopic (exact) mass is 290 g/mol. The summed E-state index contributed by atoms with van der Waals surface area (Å²) in [4.78, 5) is 22.5. The minimum Gasteiger partial charge on any atom is -0.369 e. The van der Waals surface area contributed by atoms with Gasteiger partial charge in [-0.25, -0.2) is 9.97 Å². The molecule has 2 heterocycles. The van der Waals surface area contributed by atoms with Crippen LogP contribution in [-0.4, -0.2) is 28.5 Å². The van der Waals surface area contributed by atoms with Crippen molar-refractivity contribution in [3.05, 3.63) is 17.3 Å². The van der Waals surface area contributed by atoms with E-state index in [1.54, 1.807) is 17.7 Å². The van der Waals surface area contributed by atoms with Crippen molar-refractivity contribution in [3.8, 4) is 0 Å². The highest BCUT2D eigenvalue weighted by atomic mass is 32.1. The maximum atomic E-state index is 11.6. The molecule has 3 rings (SSSR count). The molecule has 0 unspecified atom stereocenters. The lowest BCUT2D eigenvalue weighted by Crippen LogP contribution is -2.27. The van der Waals surface area contributed by atoms with Gasteiger partial charge in [0, 0.05) is 23.9 Å². The van der Waals surface area contributed by atoms with Gasteiger partial charge in [0.05, 0.1) is 5.39 Å². The standard InChI is InChI=1S/C14H18N4OS/c1-2-10-7-11-13(16-8-17-14(11)20-10)15-6-5-12(19)18-9-3-4-9/h7-9H,2-6H2,1H3,(H,18,19)(H,15,16,17). The van der Waals surface area contributed by atoms with Gasteiger partial charge in [-0.1, -0.05) is 6.92 Å². The van der Waals surface area contributed by atoms with Crippen molar-refractivity contribution in [2.45, 2.75) is 38.6 Å². The second-order valence-electron chi connectivity index (χ2n) is 5.03. The molecule has 106 valence electrons. The lowest BCUT2D eigenvalue weighted by Gasteiger charge is -2.06. The van der Waals surface area contributed by atoms with Gasteiger partial charge in [-0.05, 0) is 25.3 Å². The van der Waals surface area contributed by atoms with Gasteiger partial charge in [-0.2, -0.15) is 0 Å². The Kier molecular flexibility index (Phi) is 3.82. The second kappa shape index (κ2) is 5.75. The number of nitrogens with zero attached hydrogens (tertiary/aromatic N) is 2. The van der Waals surface area contributed by atoms with Crippen LogP contribution in [0.25, 0.3) is 10.2 Å². The number of fused-ring (bicyclic) bond motifs is 1. The van der Waals surface area contributed by atoms with Crippen molar-refractivity contribution < 1.29 is 4.79 Å². The highest BCUT2D eigenvalue weighted by Crippen LogP contribution is 2.28. The zero-order valence-corrected chi connectivity index (χ0v) is 12.3. The summed E-state index contributed by atoms with van der Waals surface area (Å²) in [5.41, 5.74) is 0. The van der Waals surface area contributed by atoms with E-state index in [2.05, 4.69) is 33.6 Å². The van der Waals surface area contributed by atoms with Gasteiger partial charge in [-0.3, -0.25) is 4.79 Å². The van der Waals surface area contributed by atoms with Gasteiger partial charge >= 0.3 is 0 Å². The topological polar surface area (TPSA) is 66.9 Å². The number of aromatic nitrogens is 2. The van der Waals surface area contributed by atoms with E-state index in [9.17, 15) is 4.79 Å². The number of rotatable bonds is 6. The predicted octanol–water partition coefficient (Wildman–Crippen LogP) is 2.33. The molecule has 6 heteroatoms. The van der Waals surface area contributed by atoms with Crippen LogP contribution in [-0.2, 0) is 11.2 Å². The molecule has 2 aromatic heterocycles. The van der Waals surface area contributed by atoms with Crippen LogP contribution in [0.4, 0.5) is 5.82 Å². The van der Waals surface area contributed by atoms with Crippen molar-refractivity contribution in [1.29, 1.82) is 0 Å². The summed E-state index contributed by atoms with van der Waals surface area (Å²) in [6, 6.07) is 2.56. The van der Waals surface area contributed by atoms with Gasteiger partial charge in [0.25, 0.3) is 0 Å². The van der Waals surface area contributed by atoms with Crippen LogP contribution >= 0.6 is 11.3 Å². The van der Waals surface area contributed by atoms with Crippen LogP contribution in [0.1, 0.15) is 31.1 Å². The first-order chi connectivity index (χ1) is 9.76. The molecule has 0 aromatic carbocycles. The van der Waals surface area contributed by atoms with Gasteiger partial charge in [0.15, 0.2) is 0 Å². The molecule has 2 N–H and O–H groups in total. The SMILES string of the molecule is CCc1cc2c(NCCC(=O)NC3CC3)ncnc2s1. The summed E-state index contributed by atoms with van der Waals surface area (Å²) in [5.74, 6) is 0.940. The number of aryl methyl sites for hydroxylation is 1. The second-order valence-corrected chi connectivity index (χ2v) is 6.14. The van der Waals surface area contributed by atoms with Crippen LogP contribution in [0.2, 0.25) is 0 Å². The molecule has 1 aliphatic rings. The fraction of sp³-hybridized carbons (Fsp3) is 0.500. The third-order valence-corrected chi connectivity index (χ3v) is 4.50. The summed E-state index contributed by atoms with van der Waals surface area (Å²) in [7, 11) is 0. The highest BCUT2D eigenvalue weighted by Gasteiger charge is 2.22. The number of carbonyl (C=O) groups excluding carboxylic acids is 1. The molecule has 0 aliphatic heterocycles. The Morgan fingerprint density at radius 1 is 1.45 bits per heavy atom. The number of nitrogens with one attached hydrogen (secondary N) is 2. The van der Waals surface area contributed by atoms with E-state index in [1.807, 2.05) is 0 Å². The Morgan fingerprint density at radius 2 is 2.30 bits per heavy atom. The molecule has 0 radical (unpaired) electrons. The molecule has 2 aromatic rings. The minimum absolute atomic E-state index is 0.116. The van der Waals surface area contributed by atoms with Gasteiger partial charge in [0.2, 0.25) is 5.91 Å². The smallest absolute Gasteiger partial charge is 0.221 e. The Balaban J connectivity index is 1.61. The molecular weight excluding hydrogens is 272 g/mol. The van der Waals surface area contributed by atoms with Crippen LogP contribution in [0.15, 0.2) is 12.4 Å². The normalized spacial score (nSPS) is 14.4. The number of carbonyl (C=O) groups is 1. The van der Waals surface area contributed by atoms with Crippen molar-refractivity contribution in [3.63, 3.8) is 0 Å². The first-order valence-corrected chi connectivity index (χ1v) is 7.84.